The molecule has 2 heterocycles. The zero-order chi connectivity index (χ0) is 15.4. The number of hydrogen-bond donors (Lipinski definition) is 0. The molecule has 0 amide bonds. The average molecular weight is 334 g/mol. The lowest BCUT2D eigenvalue weighted by atomic mass is 10.3. The van der Waals surface area contributed by atoms with Crippen LogP contribution in [0.3, 0.4) is 0 Å². The van der Waals surface area contributed by atoms with Crippen molar-refractivity contribution in [1.29, 1.82) is 0 Å². The molecule has 1 saturated heterocycles. The largest absolute Gasteiger partial charge is 0.263 e. The lowest BCUT2D eigenvalue weighted by molar-refractivity contribution is 0.412. The number of thioether (sulfide) groups is 1. The summed E-state index contributed by atoms with van der Waals surface area (Å²) in [5.41, 5.74) is 0. The van der Waals surface area contributed by atoms with Gasteiger partial charge < -0.3 is 0 Å². The first-order valence-corrected chi connectivity index (χ1v) is 9.70. The zero-order valence-corrected chi connectivity index (χ0v) is 13.8. The third kappa shape index (κ3) is 3.34. The molecule has 6 heteroatoms. The molecule has 1 unspecified atom stereocenters. The molecule has 2 aromatic rings. The van der Waals surface area contributed by atoms with Crippen molar-refractivity contribution in [1.82, 2.24) is 9.29 Å². The molecular formula is C16H18N2O2S2. The third-order valence-corrected chi connectivity index (χ3v) is 6.84. The van der Waals surface area contributed by atoms with Gasteiger partial charge in [-0.2, -0.15) is 4.31 Å². The Kier molecular flexibility index (Phi) is 4.81. The second kappa shape index (κ2) is 6.81. The van der Waals surface area contributed by atoms with Crippen LogP contribution >= 0.6 is 11.8 Å². The van der Waals surface area contributed by atoms with E-state index >= 15 is 0 Å². The van der Waals surface area contributed by atoms with E-state index in [9.17, 15) is 8.42 Å². The highest BCUT2D eigenvalue weighted by molar-refractivity contribution is 7.99. The molecule has 0 bridgehead atoms. The fourth-order valence-electron chi connectivity index (χ4n) is 2.64. The second-order valence-corrected chi connectivity index (χ2v) is 8.21. The van der Waals surface area contributed by atoms with Crippen LogP contribution in [-0.2, 0) is 10.0 Å². The molecule has 1 aliphatic rings. The van der Waals surface area contributed by atoms with Crippen LogP contribution in [0.5, 0.6) is 0 Å². The Labute approximate surface area is 135 Å². The Morgan fingerprint density at radius 1 is 1.18 bits per heavy atom. The number of benzene rings is 1. The van der Waals surface area contributed by atoms with Gasteiger partial charge >= 0.3 is 0 Å². The Hall–Kier alpha value is -1.37. The fourth-order valence-corrected chi connectivity index (χ4v) is 5.47. The molecular weight excluding hydrogens is 316 g/mol. The summed E-state index contributed by atoms with van der Waals surface area (Å²) in [6.07, 6.45) is 4.85. The van der Waals surface area contributed by atoms with Gasteiger partial charge in [0.1, 0.15) is 4.90 Å². The van der Waals surface area contributed by atoms with Crippen molar-refractivity contribution >= 4 is 21.8 Å². The molecule has 0 N–H and O–H groups in total. The molecule has 0 radical (unpaired) electrons. The SMILES string of the molecule is O=S(=O)(c1cccnc1)N1CCCC1CSc1ccccc1. The average Bonchev–Trinajstić information content (AvgIpc) is 3.04. The van der Waals surface area contributed by atoms with Crippen LogP contribution in [0.25, 0.3) is 0 Å². The summed E-state index contributed by atoms with van der Waals surface area (Å²) >= 11 is 1.71. The Balaban J connectivity index is 1.73. The van der Waals surface area contributed by atoms with Crippen LogP contribution in [0.2, 0.25) is 0 Å². The monoisotopic (exact) mass is 334 g/mol. The quantitative estimate of drug-likeness (QED) is 0.789. The van der Waals surface area contributed by atoms with E-state index in [1.165, 1.54) is 11.1 Å². The van der Waals surface area contributed by atoms with Crippen LogP contribution in [0.4, 0.5) is 0 Å². The number of aromatic nitrogens is 1. The van der Waals surface area contributed by atoms with Gasteiger partial charge in [0.25, 0.3) is 0 Å². The molecule has 3 rings (SSSR count). The van der Waals surface area contributed by atoms with E-state index in [0.29, 0.717) is 6.54 Å². The summed E-state index contributed by atoms with van der Waals surface area (Å²) in [6, 6.07) is 13.4. The number of hydrogen-bond acceptors (Lipinski definition) is 4. The number of pyridine rings is 1. The van der Waals surface area contributed by atoms with E-state index < -0.39 is 10.0 Å². The highest BCUT2D eigenvalue weighted by atomic mass is 32.2. The lowest BCUT2D eigenvalue weighted by Crippen LogP contribution is -2.37. The van der Waals surface area contributed by atoms with E-state index in [4.69, 9.17) is 0 Å². The van der Waals surface area contributed by atoms with E-state index in [1.807, 2.05) is 18.2 Å². The summed E-state index contributed by atoms with van der Waals surface area (Å²) < 4.78 is 27.1. The molecule has 0 aliphatic carbocycles. The van der Waals surface area contributed by atoms with E-state index in [2.05, 4.69) is 17.1 Å². The second-order valence-electron chi connectivity index (χ2n) is 5.22. The number of rotatable bonds is 5. The molecule has 1 atom stereocenters. The van der Waals surface area contributed by atoms with Gasteiger partial charge in [-0.15, -0.1) is 11.8 Å². The minimum atomic E-state index is -3.43. The number of sulfonamides is 1. The molecule has 0 saturated carbocycles. The molecule has 1 fully saturated rings. The molecule has 1 aromatic heterocycles. The molecule has 22 heavy (non-hydrogen) atoms. The fraction of sp³-hybridized carbons (Fsp3) is 0.312. The van der Waals surface area contributed by atoms with Crippen molar-refractivity contribution in [2.24, 2.45) is 0 Å². The van der Waals surface area contributed by atoms with Gasteiger partial charge in [0.15, 0.2) is 0 Å². The Morgan fingerprint density at radius 3 is 2.73 bits per heavy atom. The Morgan fingerprint density at radius 2 is 2.00 bits per heavy atom. The highest BCUT2D eigenvalue weighted by Gasteiger charge is 2.35. The van der Waals surface area contributed by atoms with Crippen molar-refractivity contribution in [2.45, 2.75) is 28.7 Å². The first-order valence-electron chi connectivity index (χ1n) is 7.27. The van der Waals surface area contributed by atoms with E-state index in [1.54, 1.807) is 34.4 Å². The van der Waals surface area contributed by atoms with Crippen molar-refractivity contribution in [3.8, 4) is 0 Å². The first-order chi connectivity index (χ1) is 10.7. The third-order valence-electron chi connectivity index (χ3n) is 3.75. The predicted molar refractivity (Wildman–Crippen MR) is 88.3 cm³/mol. The molecule has 0 spiro atoms. The van der Waals surface area contributed by atoms with Crippen molar-refractivity contribution in [3.63, 3.8) is 0 Å². The van der Waals surface area contributed by atoms with Crippen LogP contribution < -0.4 is 0 Å². The van der Waals surface area contributed by atoms with E-state index in [-0.39, 0.29) is 10.9 Å². The summed E-state index contributed by atoms with van der Waals surface area (Å²) in [4.78, 5) is 5.39. The van der Waals surface area contributed by atoms with Crippen LogP contribution in [0.15, 0.2) is 64.6 Å². The predicted octanol–water partition coefficient (Wildman–Crippen LogP) is 3.03. The van der Waals surface area contributed by atoms with E-state index in [0.717, 1.165) is 18.6 Å². The van der Waals surface area contributed by atoms with Crippen molar-refractivity contribution < 1.29 is 8.42 Å². The van der Waals surface area contributed by atoms with Gasteiger partial charge in [0, 0.05) is 35.6 Å². The zero-order valence-electron chi connectivity index (χ0n) is 12.1. The van der Waals surface area contributed by atoms with Crippen LogP contribution in [0.1, 0.15) is 12.8 Å². The van der Waals surface area contributed by atoms with Crippen molar-refractivity contribution in [3.05, 3.63) is 54.9 Å². The summed E-state index contributed by atoms with van der Waals surface area (Å²) in [5.74, 6) is 0.781. The number of nitrogens with zero attached hydrogens (tertiary/aromatic N) is 2. The molecule has 1 aliphatic heterocycles. The van der Waals surface area contributed by atoms with Gasteiger partial charge in [0.05, 0.1) is 0 Å². The smallest absolute Gasteiger partial charge is 0.244 e. The lowest BCUT2D eigenvalue weighted by Gasteiger charge is -2.23. The summed E-state index contributed by atoms with van der Waals surface area (Å²) in [5, 5.41) is 0. The van der Waals surface area contributed by atoms with Gasteiger partial charge in [0.2, 0.25) is 10.0 Å². The van der Waals surface area contributed by atoms with Crippen LogP contribution in [0, 0.1) is 0 Å². The van der Waals surface area contributed by atoms with Crippen LogP contribution in [-0.4, -0.2) is 36.0 Å². The minimum Gasteiger partial charge on any atom is -0.263 e. The van der Waals surface area contributed by atoms with Gasteiger partial charge in [-0.1, -0.05) is 18.2 Å². The standard InChI is InChI=1S/C16H18N2O2S2/c19-22(20,16-9-4-10-17-12-16)18-11-5-6-14(18)13-21-15-7-2-1-3-8-15/h1-4,7-10,12,14H,5-6,11,13H2. The summed E-state index contributed by atoms with van der Waals surface area (Å²) in [6.45, 7) is 0.594. The maximum atomic E-state index is 12.7. The summed E-state index contributed by atoms with van der Waals surface area (Å²) in [7, 11) is -3.43. The minimum absolute atomic E-state index is 0.0513. The maximum Gasteiger partial charge on any atom is 0.244 e. The van der Waals surface area contributed by atoms with Gasteiger partial charge in [-0.3, -0.25) is 4.98 Å². The normalized spacial score (nSPS) is 19.4. The first kappa shape index (κ1) is 15.5. The van der Waals surface area contributed by atoms with Crippen molar-refractivity contribution in [2.75, 3.05) is 12.3 Å². The molecule has 4 nitrogen and oxygen atoms in total. The van der Waals surface area contributed by atoms with Gasteiger partial charge in [-0.05, 0) is 37.1 Å². The van der Waals surface area contributed by atoms with Gasteiger partial charge in [-0.25, -0.2) is 8.42 Å². The Bertz CT molecular complexity index is 705. The topological polar surface area (TPSA) is 50.3 Å². The maximum absolute atomic E-state index is 12.7. The molecule has 1 aromatic carbocycles. The highest BCUT2D eigenvalue weighted by Crippen LogP contribution is 2.30. The molecule has 116 valence electrons.